The monoisotopic (exact) mass is 570 g/mol. The Morgan fingerprint density at radius 2 is 1.97 bits per heavy atom. The minimum absolute atomic E-state index is 0.0346. The van der Waals surface area contributed by atoms with E-state index < -0.39 is 0 Å². The van der Waals surface area contributed by atoms with Gasteiger partial charge in [-0.25, -0.2) is 0 Å². The molecule has 0 saturated heterocycles. The largest absolute Gasteiger partial charge is 0.465 e. The summed E-state index contributed by atoms with van der Waals surface area (Å²) in [7, 11) is 0. The number of carbonyl (C=O) groups is 1. The van der Waals surface area contributed by atoms with Gasteiger partial charge in [-0.15, -0.1) is 0 Å². The summed E-state index contributed by atoms with van der Waals surface area (Å²) in [6.45, 7) is 4.23. The molecular formula is C29H35IN2O2. The Kier molecular flexibility index (Phi) is 7.19. The number of rotatable bonds is 6. The second kappa shape index (κ2) is 10.3. The van der Waals surface area contributed by atoms with Gasteiger partial charge in [0.05, 0.1) is 12.3 Å². The molecular weight excluding hydrogens is 535 g/mol. The van der Waals surface area contributed by atoms with Crippen LogP contribution in [0, 0.1) is 17.8 Å². The molecule has 0 aliphatic heterocycles. The zero-order valence-electron chi connectivity index (χ0n) is 19.8. The number of allylic oxidation sites excluding steroid dienone is 6. The number of alkyl halides is 1. The lowest BCUT2D eigenvalue weighted by molar-refractivity contribution is -0.120. The Balaban J connectivity index is 1.13. The molecule has 5 rings (SSSR count). The van der Waals surface area contributed by atoms with E-state index in [4.69, 9.17) is 10.2 Å². The van der Waals surface area contributed by atoms with Crippen molar-refractivity contribution >= 4 is 34.1 Å². The van der Waals surface area contributed by atoms with E-state index in [-0.39, 0.29) is 11.9 Å². The molecule has 34 heavy (non-hydrogen) atoms. The molecule has 1 amide bonds. The molecule has 180 valence electrons. The number of nitrogens with one attached hydrogen (secondary N) is 1. The van der Waals surface area contributed by atoms with E-state index in [1.54, 1.807) is 11.8 Å². The molecule has 5 atom stereocenters. The van der Waals surface area contributed by atoms with Gasteiger partial charge >= 0.3 is 0 Å². The number of carbonyl (C=O) groups excluding carboxylic acids is 1. The number of amides is 1. The summed E-state index contributed by atoms with van der Waals surface area (Å²) in [5.41, 5.74) is 11.8. The summed E-state index contributed by atoms with van der Waals surface area (Å²) in [5.74, 6) is 3.23. The lowest BCUT2D eigenvalue weighted by Crippen LogP contribution is -2.39. The van der Waals surface area contributed by atoms with Gasteiger partial charge in [0.2, 0.25) is 5.91 Å². The third kappa shape index (κ3) is 5.45. The average Bonchev–Trinajstić information content (AvgIpc) is 3.54. The molecule has 1 aromatic heterocycles. The molecule has 1 aromatic rings. The maximum Gasteiger partial charge on any atom is 0.224 e. The number of furan rings is 1. The van der Waals surface area contributed by atoms with E-state index in [9.17, 15) is 4.79 Å². The summed E-state index contributed by atoms with van der Waals surface area (Å²) >= 11 is 2.59. The zero-order chi connectivity index (χ0) is 23.7. The molecule has 5 heteroatoms. The van der Waals surface area contributed by atoms with Gasteiger partial charge in [-0.05, 0) is 98.5 Å². The van der Waals surface area contributed by atoms with Crippen LogP contribution in [0.4, 0.5) is 0 Å². The second-order valence-electron chi connectivity index (χ2n) is 10.6. The zero-order valence-corrected chi connectivity index (χ0v) is 21.9. The quantitative estimate of drug-likeness (QED) is 0.230. The molecule has 0 aromatic carbocycles. The van der Waals surface area contributed by atoms with E-state index in [2.05, 4.69) is 46.6 Å². The fraction of sp³-hybridized carbons (Fsp3) is 0.483. The Morgan fingerprint density at radius 1 is 1.15 bits per heavy atom. The summed E-state index contributed by atoms with van der Waals surface area (Å²) < 4.78 is 6.34. The van der Waals surface area contributed by atoms with Crippen LogP contribution in [0.3, 0.4) is 0 Å². The van der Waals surface area contributed by atoms with E-state index in [0.29, 0.717) is 18.5 Å². The van der Waals surface area contributed by atoms with Crippen LogP contribution in [0.5, 0.6) is 0 Å². The molecule has 0 radical (unpaired) electrons. The second-order valence-corrected chi connectivity index (χ2v) is 12.4. The van der Waals surface area contributed by atoms with Crippen molar-refractivity contribution in [2.75, 3.05) is 0 Å². The predicted molar refractivity (Wildman–Crippen MR) is 146 cm³/mol. The molecule has 4 aliphatic carbocycles. The number of hydrogen-bond donors (Lipinski definition) is 2. The summed E-state index contributed by atoms with van der Waals surface area (Å²) in [5, 5.41) is 3.15. The van der Waals surface area contributed by atoms with Crippen molar-refractivity contribution in [2.45, 2.75) is 67.8 Å². The van der Waals surface area contributed by atoms with Gasteiger partial charge in [-0.2, -0.15) is 0 Å². The van der Waals surface area contributed by atoms with E-state index in [1.807, 2.05) is 24.3 Å². The number of fused-ring (bicyclic) bond motifs is 1. The first kappa shape index (κ1) is 23.7. The van der Waals surface area contributed by atoms with E-state index >= 15 is 0 Å². The Morgan fingerprint density at radius 3 is 2.74 bits per heavy atom. The molecule has 0 bridgehead atoms. The number of hydrogen-bond acceptors (Lipinski definition) is 3. The molecule has 1 saturated carbocycles. The van der Waals surface area contributed by atoms with E-state index in [1.165, 1.54) is 37.7 Å². The molecule has 5 unspecified atom stereocenters. The van der Waals surface area contributed by atoms with Crippen molar-refractivity contribution in [1.82, 2.24) is 5.32 Å². The highest BCUT2D eigenvalue weighted by molar-refractivity contribution is 14.1. The highest BCUT2D eigenvalue weighted by Crippen LogP contribution is 2.48. The smallest absolute Gasteiger partial charge is 0.224 e. The fourth-order valence-corrected chi connectivity index (χ4v) is 7.20. The standard InChI is InChI=1S/C29H35IN2O2/c1-18-11-23(27-3-2-10-34-27)7-9-26(31)29(18)32-28(33)17-20-4-6-22-14-21(15-24(22)13-20)12-19-5-8-25(30)16-19/h2-5,7,9-10,21-22,24-25,29H,1,6,8,11-17,31H2,(H,32,33). The summed E-state index contributed by atoms with van der Waals surface area (Å²) in [4.78, 5) is 13.0. The highest BCUT2D eigenvalue weighted by Gasteiger charge is 2.37. The van der Waals surface area contributed by atoms with Gasteiger partial charge in [0, 0.05) is 16.0 Å². The lowest BCUT2D eigenvalue weighted by atomic mass is 9.81. The van der Waals surface area contributed by atoms with Crippen molar-refractivity contribution in [3.63, 3.8) is 0 Å². The Bertz CT molecular complexity index is 1060. The molecule has 4 nitrogen and oxygen atoms in total. The predicted octanol–water partition coefficient (Wildman–Crippen LogP) is 6.62. The molecule has 0 spiro atoms. The third-order valence-corrected chi connectivity index (χ3v) is 8.98. The van der Waals surface area contributed by atoms with Crippen LogP contribution in [-0.4, -0.2) is 15.9 Å². The highest BCUT2D eigenvalue weighted by atomic mass is 127. The first-order valence-corrected chi connectivity index (χ1v) is 13.9. The van der Waals surface area contributed by atoms with Crippen molar-refractivity contribution in [3.05, 3.63) is 77.5 Å². The summed E-state index contributed by atoms with van der Waals surface area (Å²) in [6, 6.07) is 3.46. The van der Waals surface area contributed by atoms with Gasteiger partial charge in [-0.1, -0.05) is 58.5 Å². The normalized spacial score (nSPS) is 31.2. The van der Waals surface area contributed by atoms with Crippen LogP contribution in [-0.2, 0) is 4.79 Å². The fourth-order valence-electron chi connectivity index (χ4n) is 6.38. The van der Waals surface area contributed by atoms with Crippen LogP contribution in [0.15, 0.2) is 76.1 Å². The van der Waals surface area contributed by atoms with Gasteiger partial charge in [0.15, 0.2) is 0 Å². The van der Waals surface area contributed by atoms with Crippen molar-refractivity contribution < 1.29 is 9.21 Å². The van der Waals surface area contributed by atoms with Crippen molar-refractivity contribution in [1.29, 1.82) is 0 Å². The van der Waals surface area contributed by atoms with Crippen molar-refractivity contribution in [3.8, 4) is 0 Å². The van der Waals surface area contributed by atoms with Gasteiger partial charge < -0.3 is 15.5 Å². The van der Waals surface area contributed by atoms with Crippen LogP contribution < -0.4 is 11.1 Å². The molecule has 4 aliphatic rings. The third-order valence-electron chi connectivity index (χ3n) is 8.04. The molecule has 1 heterocycles. The molecule has 1 fully saturated rings. The first-order valence-electron chi connectivity index (χ1n) is 12.6. The van der Waals surface area contributed by atoms with Crippen LogP contribution >= 0.6 is 22.6 Å². The maximum absolute atomic E-state index is 13.0. The Labute approximate surface area is 216 Å². The summed E-state index contributed by atoms with van der Waals surface area (Å²) in [6.07, 6.45) is 20.1. The molecule has 3 N–H and O–H groups in total. The minimum Gasteiger partial charge on any atom is -0.465 e. The first-order chi connectivity index (χ1) is 16.4. The van der Waals surface area contributed by atoms with Crippen LogP contribution in [0.25, 0.3) is 5.57 Å². The van der Waals surface area contributed by atoms with Gasteiger partial charge in [0.25, 0.3) is 0 Å². The van der Waals surface area contributed by atoms with Crippen molar-refractivity contribution in [2.24, 2.45) is 23.5 Å². The SMILES string of the molecule is C=C1CC(c2ccco2)=CC=C(N)C1NC(=O)CC1=CCC2CC(CC3=CCC(I)C3)CC2C1. The Hall–Kier alpha value is -2.02. The number of nitrogens with two attached hydrogens (primary N) is 1. The minimum atomic E-state index is -0.342. The van der Waals surface area contributed by atoms with E-state index in [0.717, 1.165) is 51.4 Å². The topological polar surface area (TPSA) is 68.3 Å². The lowest BCUT2D eigenvalue weighted by Gasteiger charge is -2.26. The van der Waals surface area contributed by atoms with Crippen LogP contribution in [0.1, 0.15) is 63.5 Å². The average molecular weight is 571 g/mol. The van der Waals surface area contributed by atoms with Crippen LogP contribution in [0.2, 0.25) is 0 Å². The number of halogens is 1. The van der Waals surface area contributed by atoms with Gasteiger partial charge in [0.1, 0.15) is 5.76 Å². The van der Waals surface area contributed by atoms with Gasteiger partial charge in [-0.3, -0.25) is 4.79 Å². The maximum atomic E-state index is 13.0.